The summed E-state index contributed by atoms with van der Waals surface area (Å²) >= 11 is 0. The molecule has 0 aromatic rings. The number of rotatable bonds is 54. The molecule has 0 aliphatic rings. The molecule has 0 spiro atoms. The zero-order valence-corrected chi connectivity index (χ0v) is 43.8. The Hall–Kier alpha value is -1.88. The lowest BCUT2D eigenvalue weighted by Gasteiger charge is -2.15. The zero-order chi connectivity index (χ0) is 47.0. The van der Waals surface area contributed by atoms with Gasteiger partial charge in [-0.1, -0.05) is 288 Å². The van der Waals surface area contributed by atoms with Crippen molar-refractivity contribution in [3.63, 3.8) is 0 Å². The van der Waals surface area contributed by atoms with Crippen LogP contribution in [0.2, 0.25) is 0 Å². The minimum absolute atomic E-state index is 0.0590. The van der Waals surface area contributed by atoms with E-state index in [4.69, 9.17) is 9.47 Å². The maximum Gasteiger partial charge on any atom is 0.306 e. The topological polar surface area (TPSA) is 72.8 Å². The molecule has 65 heavy (non-hydrogen) atoms. The van der Waals surface area contributed by atoms with Gasteiger partial charge in [0.25, 0.3) is 0 Å². The molecule has 382 valence electrons. The van der Waals surface area contributed by atoms with Crippen LogP contribution in [-0.2, 0) is 19.1 Å². The highest BCUT2D eigenvalue weighted by molar-refractivity contribution is 5.70. The highest BCUT2D eigenvalue weighted by Crippen LogP contribution is 2.17. The molecule has 5 heteroatoms. The van der Waals surface area contributed by atoms with Crippen LogP contribution >= 0.6 is 0 Å². The standard InChI is InChI=1S/C60H112O5/c1-3-5-7-9-11-13-15-17-19-20-21-22-23-24-25-26-27-28-29-30-31-32-33-34-35-36-37-38-39-40-41-43-45-47-49-51-53-55-60(63)65-58(56-61)57-64-59(62)54-52-50-48-46-44-42-18-16-14-12-10-8-6-4-2/h15,17,20-21,23-24,58,61H,3-14,16,18-19,22,25-57H2,1-2H3/b17-15-,21-20-,24-23-. The van der Waals surface area contributed by atoms with E-state index in [9.17, 15) is 14.7 Å². The van der Waals surface area contributed by atoms with Crippen molar-refractivity contribution in [2.24, 2.45) is 0 Å². The Morgan fingerprint density at radius 2 is 0.615 bits per heavy atom. The first-order valence-corrected chi connectivity index (χ1v) is 29.0. The average Bonchev–Trinajstić information content (AvgIpc) is 3.31. The second kappa shape index (κ2) is 56.4. The Morgan fingerprint density at radius 1 is 0.354 bits per heavy atom. The Balaban J connectivity index is 3.38. The van der Waals surface area contributed by atoms with E-state index in [2.05, 4.69) is 50.3 Å². The number of carbonyl (C=O) groups excluding carboxylic acids is 2. The van der Waals surface area contributed by atoms with Crippen molar-refractivity contribution in [2.45, 2.75) is 322 Å². The Bertz CT molecular complexity index is 1030. The molecule has 0 heterocycles. The van der Waals surface area contributed by atoms with Crippen LogP contribution in [0.3, 0.4) is 0 Å². The number of hydrogen-bond donors (Lipinski definition) is 1. The molecule has 0 bridgehead atoms. The van der Waals surface area contributed by atoms with Gasteiger partial charge >= 0.3 is 11.9 Å². The van der Waals surface area contributed by atoms with Crippen molar-refractivity contribution >= 4 is 11.9 Å². The van der Waals surface area contributed by atoms with Gasteiger partial charge in [0, 0.05) is 12.8 Å². The smallest absolute Gasteiger partial charge is 0.306 e. The number of aliphatic hydroxyl groups excluding tert-OH is 1. The molecule has 0 amide bonds. The summed E-state index contributed by atoms with van der Waals surface area (Å²) in [4.78, 5) is 24.4. The molecule has 0 aliphatic heterocycles. The summed E-state index contributed by atoms with van der Waals surface area (Å²) in [6.07, 6.45) is 72.8. The van der Waals surface area contributed by atoms with E-state index in [0.717, 1.165) is 44.9 Å². The maximum atomic E-state index is 12.3. The van der Waals surface area contributed by atoms with Crippen molar-refractivity contribution in [1.29, 1.82) is 0 Å². The number of ether oxygens (including phenoxy) is 2. The second-order valence-electron chi connectivity index (χ2n) is 19.7. The minimum atomic E-state index is -0.766. The fourth-order valence-electron chi connectivity index (χ4n) is 8.80. The predicted octanol–water partition coefficient (Wildman–Crippen LogP) is 19.5. The van der Waals surface area contributed by atoms with Gasteiger partial charge in [-0.15, -0.1) is 0 Å². The molecule has 0 aromatic heterocycles. The van der Waals surface area contributed by atoms with Crippen LogP contribution in [-0.4, -0.2) is 36.4 Å². The molecular formula is C60H112O5. The normalized spacial score (nSPS) is 12.4. The van der Waals surface area contributed by atoms with Gasteiger partial charge < -0.3 is 14.6 Å². The van der Waals surface area contributed by atoms with Gasteiger partial charge in [0.1, 0.15) is 6.61 Å². The van der Waals surface area contributed by atoms with Crippen LogP contribution in [0, 0.1) is 0 Å². The number of esters is 2. The Morgan fingerprint density at radius 3 is 0.923 bits per heavy atom. The van der Waals surface area contributed by atoms with Crippen molar-refractivity contribution in [3.8, 4) is 0 Å². The van der Waals surface area contributed by atoms with Crippen LogP contribution in [0.4, 0.5) is 0 Å². The Kier molecular flexibility index (Phi) is 54.8. The highest BCUT2D eigenvalue weighted by Gasteiger charge is 2.16. The van der Waals surface area contributed by atoms with Gasteiger partial charge in [0.05, 0.1) is 6.61 Å². The molecule has 0 radical (unpaired) electrons. The Labute approximate surface area is 406 Å². The SMILES string of the molecule is CCCCCCC/C=C\C/C=C\C/C=C\CCCCCCCCCCCCCCCCCCCCCCCCC(=O)OC(CO)COC(=O)CCCCCCCCCCCCCCCC. The fourth-order valence-corrected chi connectivity index (χ4v) is 8.80. The molecule has 1 atom stereocenters. The van der Waals surface area contributed by atoms with Crippen LogP contribution < -0.4 is 0 Å². The van der Waals surface area contributed by atoms with Crippen molar-refractivity contribution in [1.82, 2.24) is 0 Å². The first-order chi connectivity index (χ1) is 32.1. The summed E-state index contributed by atoms with van der Waals surface area (Å²) in [5.74, 6) is -0.572. The summed E-state index contributed by atoms with van der Waals surface area (Å²) in [5.41, 5.74) is 0. The number of carbonyl (C=O) groups is 2. The molecule has 5 nitrogen and oxygen atoms in total. The fraction of sp³-hybridized carbons (Fsp3) is 0.867. The van der Waals surface area contributed by atoms with Crippen LogP contribution in [0.5, 0.6) is 0 Å². The highest BCUT2D eigenvalue weighted by atomic mass is 16.6. The summed E-state index contributed by atoms with van der Waals surface area (Å²) < 4.78 is 10.7. The summed E-state index contributed by atoms with van der Waals surface area (Å²) in [6, 6.07) is 0. The predicted molar refractivity (Wildman–Crippen MR) is 284 cm³/mol. The van der Waals surface area contributed by atoms with Gasteiger partial charge in [-0.2, -0.15) is 0 Å². The third-order valence-electron chi connectivity index (χ3n) is 13.2. The molecule has 0 fully saturated rings. The van der Waals surface area contributed by atoms with Gasteiger partial charge in [0.2, 0.25) is 0 Å². The lowest BCUT2D eigenvalue weighted by Crippen LogP contribution is -2.28. The maximum absolute atomic E-state index is 12.3. The lowest BCUT2D eigenvalue weighted by atomic mass is 10.0. The van der Waals surface area contributed by atoms with Gasteiger partial charge in [-0.25, -0.2) is 0 Å². The largest absolute Gasteiger partial charge is 0.462 e. The molecule has 0 saturated carbocycles. The third kappa shape index (κ3) is 54.6. The molecule has 1 unspecified atom stereocenters. The lowest BCUT2D eigenvalue weighted by molar-refractivity contribution is -0.161. The van der Waals surface area contributed by atoms with Crippen molar-refractivity contribution < 1.29 is 24.2 Å². The van der Waals surface area contributed by atoms with Crippen LogP contribution in [0.25, 0.3) is 0 Å². The molecule has 0 rings (SSSR count). The first kappa shape index (κ1) is 63.1. The summed E-state index contributed by atoms with van der Waals surface area (Å²) in [5, 5.41) is 9.63. The molecule has 0 aliphatic carbocycles. The minimum Gasteiger partial charge on any atom is -0.462 e. The number of hydrogen-bond acceptors (Lipinski definition) is 5. The van der Waals surface area contributed by atoms with E-state index in [-0.39, 0.29) is 25.2 Å². The van der Waals surface area contributed by atoms with E-state index in [1.807, 2.05) is 0 Å². The second-order valence-corrected chi connectivity index (χ2v) is 19.7. The van der Waals surface area contributed by atoms with Crippen LogP contribution in [0.1, 0.15) is 316 Å². The van der Waals surface area contributed by atoms with E-state index >= 15 is 0 Å². The van der Waals surface area contributed by atoms with Crippen molar-refractivity contribution in [2.75, 3.05) is 13.2 Å². The summed E-state index contributed by atoms with van der Waals surface area (Å²) in [6.45, 7) is 4.16. The van der Waals surface area contributed by atoms with E-state index in [1.165, 1.54) is 244 Å². The van der Waals surface area contributed by atoms with Gasteiger partial charge in [-0.05, 0) is 51.4 Å². The van der Waals surface area contributed by atoms with Gasteiger partial charge in [0.15, 0.2) is 6.10 Å². The van der Waals surface area contributed by atoms with E-state index in [1.54, 1.807) is 0 Å². The molecule has 0 saturated heterocycles. The quantitative estimate of drug-likeness (QED) is 0.0374. The molecular weight excluding hydrogens is 801 g/mol. The van der Waals surface area contributed by atoms with E-state index in [0.29, 0.717) is 12.8 Å². The van der Waals surface area contributed by atoms with E-state index < -0.39 is 6.10 Å². The molecule has 1 N–H and O–H groups in total. The van der Waals surface area contributed by atoms with Gasteiger partial charge in [-0.3, -0.25) is 9.59 Å². The number of allylic oxidation sites excluding steroid dienone is 6. The van der Waals surface area contributed by atoms with Crippen LogP contribution in [0.15, 0.2) is 36.5 Å². The average molecular weight is 914 g/mol. The molecule has 0 aromatic carbocycles. The zero-order valence-electron chi connectivity index (χ0n) is 43.8. The third-order valence-corrected chi connectivity index (χ3v) is 13.2. The number of unbranched alkanes of at least 4 members (excludes halogenated alkanes) is 40. The number of aliphatic hydroxyl groups is 1. The van der Waals surface area contributed by atoms with Crippen molar-refractivity contribution in [3.05, 3.63) is 36.5 Å². The summed E-state index contributed by atoms with van der Waals surface area (Å²) in [7, 11) is 0. The first-order valence-electron chi connectivity index (χ1n) is 29.0. The monoisotopic (exact) mass is 913 g/mol.